The largest absolute Gasteiger partial charge is 0.497 e. The van der Waals surface area contributed by atoms with Crippen molar-refractivity contribution in [3.8, 4) is 28.1 Å². The molecule has 1 aliphatic rings. The highest BCUT2D eigenvalue weighted by molar-refractivity contribution is 6.05. The lowest BCUT2D eigenvalue weighted by Gasteiger charge is -2.13. The van der Waals surface area contributed by atoms with E-state index in [1.165, 1.54) is 18.4 Å². The van der Waals surface area contributed by atoms with E-state index in [9.17, 15) is 9.90 Å². The van der Waals surface area contributed by atoms with E-state index < -0.39 is 5.97 Å². The number of aromatic nitrogens is 2. The van der Waals surface area contributed by atoms with E-state index in [1.807, 2.05) is 30.3 Å². The molecule has 4 aromatic rings. The first-order chi connectivity index (χ1) is 15.2. The fourth-order valence-corrected chi connectivity index (χ4v) is 4.36. The maximum Gasteiger partial charge on any atom is 0.305 e. The van der Waals surface area contributed by atoms with Gasteiger partial charge in [0.2, 0.25) is 0 Å². The lowest BCUT2D eigenvalue weighted by Crippen LogP contribution is -2.06. The van der Waals surface area contributed by atoms with Crippen LogP contribution in [-0.2, 0) is 11.3 Å². The Bertz CT molecular complexity index is 1260. The molecular weight excluding hydrogens is 388 g/mol. The number of fused-ring (bicyclic) bond motifs is 1. The summed E-state index contributed by atoms with van der Waals surface area (Å²) >= 11 is 0. The summed E-state index contributed by atoms with van der Waals surface area (Å²) in [5.41, 5.74) is 6.60. The van der Waals surface area contributed by atoms with Crippen molar-refractivity contribution in [1.82, 2.24) is 9.55 Å². The normalized spacial score (nSPS) is 13.5. The second-order valence-electron chi connectivity index (χ2n) is 8.04. The molecule has 2 aromatic heterocycles. The topological polar surface area (TPSA) is 64.4 Å². The molecule has 1 saturated carbocycles. The number of hydrogen-bond acceptors (Lipinski definition) is 3. The molecule has 0 spiro atoms. The molecule has 1 aliphatic carbocycles. The summed E-state index contributed by atoms with van der Waals surface area (Å²) in [5, 5.41) is 10.5. The number of benzene rings is 2. The molecule has 31 heavy (non-hydrogen) atoms. The first kappa shape index (κ1) is 19.4. The van der Waals surface area contributed by atoms with Gasteiger partial charge in [-0.05, 0) is 66.3 Å². The number of nitrogens with zero attached hydrogens (tertiary/aromatic N) is 2. The molecule has 5 nitrogen and oxygen atoms in total. The third-order valence-electron chi connectivity index (χ3n) is 6.00. The molecule has 0 unspecified atom stereocenters. The number of aliphatic carboxylic acids is 1. The van der Waals surface area contributed by atoms with E-state index >= 15 is 0 Å². The molecule has 1 N–H and O–H groups in total. The van der Waals surface area contributed by atoms with Gasteiger partial charge in [0.05, 0.1) is 19.2 Å². The van der Waals surface area contributed by atoms with Crippen LogP contribution in [0, 0.1) is 0 Å². The van der Waals surface area contributed by atoms with E-state index in [-0.39, 0.29) is 6.42 Å². The molecular formula is C26H24N2O3. The molecule has 0 aliphatic heterocycles. The Balaban J connectivity index is 1.83. The highest BCUT2D eigenvalue weighted by Crippen LogP contribution is 2.45. The average Bonchev–Trinajstić information content (AvgIpc) is 3.60. The Morgan fingerprint density at radius 3 is 2.61 bits per heavy atom. The number of aryl methyl sites for hydroxylation is 1. The minimum atomic E-state index is -0.807. The Morgan fingerprint density at radius 2 is 1.90 bits per heavy atom. The number of hydrogen-bond donors (Lipinski definition) is 1. The predicted molar refractivity (Wildman–Crippen MR) is 121 cm³/mol. The summed E-state index contributed by atoms with van der Waals surface area (Å²) in [5.74, 6) is 0.600. The zero-order chi connectivity index (χ0) is 21.4. The Kier molecular flexibility index (Phi) is 4.94. The minimum absolute atomic E-state index is 0.0565. The van der Waals surface area contributed by atoms with Crippen LogP contribution in [0.3, 0.4) is 0 Å². The zero-order valence-electron chi connectivity index (χ0n) is 17.4. The van der Waals surface area contributed by atoms with Gasteiger partial charge in [0, 0.05) is 41.0 Å². The number of ether oxygens (including phenoxy) is 1. The second-order valence-corrected chi connectivity index (χ2v) is 8.04. The van der Waals surface area contributed by atoms with E-state index in [0.717, 1.165) is 39.0 Å². The standard InChI is InChI=1S/C26H24N2O3/c1-31-21-4-2-3-20(15-21)26-25(18-9-12-27-13-10-18)22-16-19(17-5-6-17)7-8-23(22)28(26)14-11-24(29)30/h2-4,7-10,12-13,15-17H,5-6,11,14H2,1H3,(H,29,30). The van der Waals surface area contributed by atoms with Crippen LogP contribution >= 0.6 is 0 Å². The number of carboxylic acids is 1. The minimum Gasteiger partial charge on any atom is -0.497 e. The van der Waals surface area contributed by atoms with Gasteiger partial charge in [0.15, 0.2) is 0 Å². The van der Waals surface area contributed by atoms with Crippen LogP contribution < -0.4 is 4.74 Å². The lowest BCUT2D eigenvalue weighted by molar-refractivity contribution is -0.137. The summed E-state index contributed by atoms with van der Waals surface area (Å²) in [6, 6.07) is 18.6. The van der Waals surface area contributed by atoms with E-state index in [1.54, 1.807) is 19.5 Å². The number of carbonyl (C=O) groups is 1. The van der Waals surface area contributed by atoms with Crippen LogP contribution in [0.1, 0.15) is 30.7 Å². The average molecular weight is 412 g/mol. The number of carboxylic acid groups (broad SMARTS) is 1. The summed E-state index contributed by atoms with van der Waals surface area (Å²) in [6.45, 7) is 0.395. The van der Waals surface area contributed by atoms with Gasteiger partial charge in [-0.25, -0.2) is 0 Å². The van der Waals surface area contributed by atoms with E-state index in [0.29, 0.717) is 12.5 Å². The summed E-state index contributed by atoms with van der Waals surface area (Å²) < 4.78 is 7.62. The van der Waals surface area contributed by atoms with Gasteiger partial charge in [-0.1, -0.05) is 18.2 Å². The van der Waals surface area contributed by atoms with Crippen molar-refractivity contribution in [1.29, 1.82) is 0 Å². The fraction of sp³-hybridized carbons (Fsp3) is 0.231. The zero-order valence-corrected chi connectivity index (χ0v) is 17.4. The molecule has 5 heteroatoms. The first-order valence-electron chi connectivity index (χ1n) is 10.6. The third kappa shape index (κ3) is 3.67. The summed E-state index contributed by atoms with van der Waals surface area (Å²) in [4.78, 5) is 15.6. The van der Waals surface area contributed by atoms with Crippen molar-refractivity contribution < 1.29 is 14.6 Å². The SMILES string of the molecule is COc1cccc(-c2c(-c3ccncc3)c3cc(C4CC4)ccc3n2CCC(=O)O)c1. The number of rotatable bonds is 7. The maximum atomic E-state index is 11.4. The molecule has 0 bridgehead atoms. The lowest BCUT2D eigenvalue weighted by atomic mass is 9.97. The van der Waals surface area contributed by atoms with Crippen molar-refractivity contribution in [2.45, 2.75) is 31.7 Å². The fourth-order valence-electron chi connectivity index (χ4n) is 4.36. The van der Waals surface area contributed by atoms with Crippen LogP contribution in [0.15, 0.2) is 67.0 Å². The highest BCUT2D eigenvalue weighted by atomic mass is 16.5. The summed E-state index contributed by atoms with van der Waals surface area (Å²) in [7, 11) is 1.66. The van der Waals surface area contributed by atoms with Crippen molar-refractivity contribution in [2.24, 2.45) is 0 Å². The Hall–Kier alpha value is -3.60. The molecule has 0 saturated heterocycles. The second kappa shape index (κ2) is 7.91. The third-order valence-corrected chi connectivity index (χ3v) is 6.00. The molecule has 0 radical (unpaired) electrons. The summed E-state index contributed by atoms with van der Waals surface area (Å²) in [6.07, 6.45) is 6.13. The van der Waals surface area contributed by atoms with Gasteiger partial charge in [-0.3, -0.25) is 9.78 Å². The molecule has 2 aromatic carbocycles. The van der Waals surface area contributed by atoms with Gasteiger partial charge in [0.25, 0.3) is 0 Å². The van der Waals surface area contributed by atoms with Crippen LogP contribution in [0.25, 0.3) is 33.3 Å². The van der Waals surface area contributed by atoms with Crippen molar-refractivity contribution in [3.63, 3.8) is 0 Å². The van der Waals surface area contributed by atoms with Gasteiger partial charge in [-0.2, -0.15) is 0 Å². The van der Waals surface area contributed by atoms with Gasteiger partial charge >= 0.3 is 5.97 Å². The monoisotopic (exact) mass is 412 g/mol. The van der Waals surface area contributed by atoms with Gasteiger partial charge in [-0.15, -0.1) is 0 Å². The molecule has 0 atom stereocenters. The van der Waals surface area contributed by atoms with Gasteiger partial charge in [0.1, 0.15) is 5.75 Å². The first-order valence-corrected chi connectivity index (χ1v) is 10.6. The highest BCUT2D eigenvalue weighted by Gasteiger charge is 2.26. The quantitative estimate of drug-likeness (QED) is 0.421. The molecule has 0 amide bonds. The molecule has 5 rings (SSSR count). The van der Waals surface area contributed by atoms with E-state index in [4.69, 9.17) is 4.74 Å². The Labute approximate surface area is 180 Å². The number of methoxy groups -OCH3 is 1. The molecule has 156 valence electrons. The number of pyridine rings is 1. The van der Waals surface area contributed by atoms with Crippen LogP contribution in [0.2, 0.25) is 0 Å². The molecule has 2 heterocycles. The van der Waals surface area contributed by atoms with Gasteiger partial charge < -0.3 is 14.4 Å². The predicted octanol–water partition coefficient (Wildman–Crippen LogP) is 5.73. The smallest absolute Gasteiger partial charge is 0.305 e. The Morgan fingerprint density at radius 1 is 1.10 bits per heavy atom. The van der Waals surface area contributed by atoms with Crippen molar-refractivity contribution in [3.05, 3.63) is 72.6 Å². The van der Waals surface area contributed by atoms with Crippen LogP contribution in [0.4, 0.5) is 0 Å². The van der Waals surface area contributed by atoms with E-state index in [2.05, 4.69) is 33.8 Å². The maximum absolute atomic E-state index is 11.4. The van der Waals surface area contributed by atoms with Crippen molar-refractivity contribution in [2.75, 3.05) is 7.11 Å². The molecule has 1 fully saturated rings. The van der Waals surface area contributed by atoms with Crippen molar-refractivity contribution >= 4 is 16.9 Å². The van der Waals surface area contributed by atoms with Crippen LogP contribution in [0.5, 0.6) is 5.75 Å². The van der Waals surface area contributed by atoms with Crippen LogP contribution in [-0.4, -0.2) is 27.7 Å².